The Kier molecular flexibility index (Phi) is 7.90. The van der Waals surface area contributed by atoms with E-state index >= 15 is 0 Å². The summed E-state index contributed by atoms with van der Waals surface area (Å²) in [7, 11) is -3.09. The van der Waals surface area contributed by atoms with Gasteiger partial charge in [0.1, 0.15) is 11.5 Å². The normalized spacial score (nSPS) is 14.7. The number of hydrogen-bond donors (Lipinski definition) is 0. The fourth-order valence-corrected chi connectivity index (χ4v) is 22.2. The van der Waals surface area contributed by atoms with Crippen molar-refractivity contribution in [2.75, 3.05) is 9.80 Å². The summed E-state index contributed by atoms with van der Waals surface area (Å²) in [6.07, 6.45) is 0. The summed E-state index contributed by atoms with van der Waals surface area (Å²) < 4.78 is 15.5. The molecule has 78 heavy (non-hydrogen) atoms. The van der Waals surface area contributed by atoms with E-state index in [0.717, 1.165) is 28.6 Å². The minimum Gasteiger partial charge on any atom is -0.457 e. The molecule has 0 unspecified atom stereocenters. The van der Waals surface area contributed by atoms with E-state index in [9.17, 15) is 0 Å². The Balaban J connectivity index is 1.02. The fourth-order valence-electron chi connectivity index (χ4n) is 14.7. The van der Waals surface area contributed by atoms with Gasteiger partial charge in [-0.2, -0.15) is 0 Å². The van der Waals surface area contributed by atoms with Crippen molar-refractivity contribution in [3.63, 3.8) is 0 Å². The molecule has 0 spiro atoms. The maximum Gasteiger partial charge on any atom is 0.166 e. The number of aryl methyl sites for hydroxylation is 2. The molecule has 3 aromatic heterocycles. The number of benzene rings is 11. The Morgan fingerprint density at radius 2 is 0.692 bits per heavy atom. The van der Waals surface area contributed by atoms with Crippen LogP contribution in [0.5, 0.6) is 11.5 Å². The maximum absolute atomic E-state index is 7.91. The minimum absolute atomic E-state index is 0.942. The summed E-state index contributed by atoms with van der Waals surface area (Å²) in [6.45, 7) is 7.12. The van der Waals surface area contributed by atoms with Gasteiger partial charge in [0, 0.05) is 64.6 Å². The number of rotatable bonds is 3. The van der Waals surface area contributed by atoms with Gasteiger partial charge in [0.2, 0.25) is 0 Å². The first-order valence-corrected chi connectivity index (χ1v) is 31.0. The number of anilines is 6. The third kappa shape index (κ3) is 5.05. The third-order valence-electron chi connectivity index (χ3n) is 17.7. The largest absolute Gasteiger partial charge is 0.457 e. The maximum atomic E-state index is 7.91. The lowest BCUT2D eigenvalue weighted by atomic mass is 10.1. The molecule has 0 fully saturated rings. The smallest absolute Gasteiger partial charge is 0.166 e. The van der Waals surface area contributed by atoms with Gasteiger partial charge in [0.15, 0.2) is 8.07 Å². The highest BCUT2D eigenvalue weighted by molar-refractivity contribution is 8.00. The van der Waals surface area contributed by atoms with Crippen LogP contribution in [0.15, 0.2) is 226 Å². The van der Waals surface area contributed by atoms with E-state index in [2.05, 4.69) is 250 Å². The number of aromatic nitrogens is 3. The van der Waals surface area contributed by atoms with E-state index in [-0.39, 0.29) is 0 Å². The molecule has 0 amide bonds. The molecule has 11 aromatic carbocycles. The SMILES string of the molecule is Cc1ccc2c(c1)Sc1c(-n3c4ccccc4c4ccccc43)cc3c4c1N2c1cc(-n2c5ccccc5c5ccccc52)cc2c1[Si]4(C)c1c(cc(-n4c5ccccc5c5ccccc54)c4c1N2c1ccc(C)cc1S4)O3. The van der Waals surface area contributed by atoms with Crippen LogP contribution < -0.4 is 30.1 Å². The zero-order valence-corrected chi connectivity index (χ0v) is 45.2. The first-order chi connectivity index (χ1) is 38.4. The van der Waals surface area contributed by atoms with Gasteiger partial charge in [-0.25, -0.2) is 0 Å². The van der Waals surface area contributed by atoms with Crippen molar-refractivity contribution in [1.29, 1.82) is 0 Å². The molecule has 0 saturated heterocycles. The van der Waals surface area contributed by atoms with Crippen LogP contribution in [0.4, 0.5) is 34.1 Å². The summed E-state index contributed by atoms with van der Waals surface area (Å²) in [6, 6.07) is 77.7. The van der Waals surface area contributed by atoms with Crippen molar-refractivity contribution in [3.8, 4) is 28.6 Å². The molecule has 0 radical (unpaired) electrons. The molecule has 0 bridgehead atoms. The van der Waals surface area contributed by atoms with Gasteiger partial charge in [0.05, 0.1) is 94.1 Å². The third-order valence-corrected chi connectivity index (χ3v) is 24.5. The molecule has 366 valence electrons. The van der Waals surface area contributed by atoms with E-state index in [0.29, 0.717) is 0 Å². The Hall–Kier alpha value is -8.86. The molecule has 5 aliphatic heterocycles. The second-order valence-electron chi connectivity index (χ2n) is 21.9. The van der Waals surface area contributed by atoms with Crippen LogP contribution in [0.2, 0.25) is 6.55 Å². The zero-order valence-electron chi connectivity index (χ0n) is 42.6. The van der Waals surface area contributed by atoms with Crippen LogP contribution in [-0.2, 0) is 0 Å². The van der Waals surface area contributed by atoms with Crippen LogP contribution in [0.25, 0.3) is 82.5 Å². The first kappa shape index (κ1) is 42.3. The molecule has 6 nitrogen and oxygen atoms in total. The number of nitrogens with zero attached hydrogens (tertiary/aromatic N) is 5. The van der Waals surface area contributed by atoms with Crippen molar-refractivity contribution in [1.82, 2.24) is 13.7 Å². The average Bonchev–Trinajstić information content (AvgIpc) is 1.95. The fraction of sp³-hybridized carbons (Fsp3) is 0.0435. The number of para-hydroxylation sites is 6. The highest BCUT2D eigenvalue weighted by Gasteiger charge is 2.59. The number of hydrogen-bond acceptors (Lipinski definition) is 5. The molecule has 0 N–H and O–H groups in total. The van der Waals surface area contributed by atoms with Crippen LogP contribution >= 0.6 is 23.5 Å². The molecule has 0 atom stereocenters. The molecular weight excluding hydrogens is 1010 g/mol. The topological polar surface area (TPSA) is 30.5 Å². The quantitative estimate of drug-likeness (QED) is 0.165. The molecule has 0 aliphatic carbocycles. The van der Waals surface area contributed by atoms with Crippen LogP contribution in [0.1, 0.15) is 11.1 Å². The molecule has 8 heterocycles. The van der Waals surface area contributed by atoms with Gasteiger partial charge >= 0.3 is 0 Å². The van der Waals surface area contributed by atoms with E-state index < -0.39 is 8.07 Å². The lowest BCUT2D eigenvalue weighted by Crippen LogP contribution is -2.73. The average molecular weight is 1050 g/mol. The molecule has 9 heteroatoms. The predicted octanol–water partition coefficient (Wildman–Crippen LogP) is 17.3. The van der Waals surface area contributed by atoms with Gasteiger partial charge in [-0.15, -0.1) is 0 Å². The van der Waals surface area contributed by atoms with Crippen molar-refractivity contribution in [2.24, 2.45) is 0 Å². The lowest BCUT2D eigenvalue weighted by Gasteiger charge is -2.54. The minimum atomic E-state index is -3.09. The van der Waals surface area contributed by atoms with E-state index in [1.54, 1.807) is 0 Å². The highest BCUT2D eigenvalue weighted by atomic mass is 32.2. The zero-order chi connectivity index (χ0) is 51.0. The van der Waals surface area contributed by atoms with Gasteiger partial charge in [-0.1, -0.05) is 151 Å². The van der Waals surface area contributed by atoms with Crippen LogP contribution in [-0.4, -0.2) is 21.8 Å². The molecule has 19 rings (SSSR count). The summed E-state index contributed by atoms with van der Waals surface area (Å²) in [5.74, 6) is 1.88. The Labute approximate surface area is 458 Å². The second-order valence-corrected chi connectivity index (χ2v) is 27.8. The van der Waals surface area contributed by atoms with E-state index in [1.807, 2.05) is 23.5 Å². The van der Waals surface area contributed by atoms with Crippen molar-refractivity contribution in [2.45, 2.75) is 40.0 Å². The summed E-state index contributed by atoms with van der Waals surface area (Å²) in [5, 5.41) is 11.6. The van der Waals surface area contributed by atoms with Crippen LogP contribution in [0, 0.1) is 13.8 Å². The summed E-state index contributed by atoms with van der Waals surface area (Å²) >= 11 is 3.85. The second kappa shape index (κ2) is 14.6. The molecular formula is C69H43N5OS2Si. The Bertz CT molecular complexity index is 4740. The number of ether oxygens (including phenoxy) is 1. The molecule has 14 aromatic rings. The molecule has 5 aliphatic rings. The first-order valence-electron chi connectivity index (χ1n) is 26.8. The van der Waals surface area contributed by atoms with Gasteiger partial charge < -0.3 is 28.2 Å². The van der Waals surface area contributed by atoms with Crippen molar-refractivity contribution in [3.05, 3.63) is 217 Å². The highest BCUT2D eigenvalue weighted by Crippen LogP contribution is 2.63. The Morgan fingerprint density at radius 3 is 1.06 bits per heavy atom. The van der Waals surface area contributed by atoms with Gasteiger partial charge in [-0.3, -0.25) is 0 Å². The predicted molar refractivity (Wildman–Crippen MR) is 327 cm³/mol. The summed E-state index contributed by atoms with van der Waals surface area (Å²) in [4.78, 5) is 10.3. The van der Waals surface area contributed by atoms with Crippen LogP contribution in [0.3, 0.4) is 0 Å². The van der Waals surface area contributed by atoms with Crippen molar-refractivity contribution < 1.29 is 4.74 Å². The summed E-state index contributed by atoms with van der Waals surface area (Å²) in [5.41, 5.74) is 20.3. The van der Waals surface area contributed by atoms with Gasteiger partial charge in [-0.05, 0) is 103 Å². The molecule has 0 saturated carbocycles. The van der Waals surface area contributed by atoms with E-state index in [1.165, 1.54) is 146 Å². The standard InChI is InChI=1S/C69H43N5OS2Si/c1-38-28-30-53-61(32-38)76-65-55(71-49-24-12-6-18-43(49)44-19-7-13-25-50(44)71)36-59-68-63(65)73(53)57-34-40(70-47-22-10-4-16-41(47)42-17-5-11-23-48(42)70)35-58-67(57)78(68,3)69-60(75-59)37-56(66-64(69)74(58)54-31-29-39(2)33-62(54)77-66)72-51-26-14-8-20-45(51)46-21-9-15-27-52(46)72/h4-37H,1-3H3. The Morgan fingerprint density at radius 1 is 0.346 bits per heavy atom. The van der Waals surface area contributed by atoms with Crippen molar-refractivity contribution >= 4 is 147 Å². The number of fused-ring (bicyclic) bond motifs is 15. The lowest BCUT2D eigenvalue weighted by molar-refractivity contribution is 0.485. The monoisotopic (exact) mass is 1050 g/mol. The van der Waals surface area contributed by atoms with Gasteiger partial charge in [0.25, 0.3) is 0 Å². The van der Waals surface area contributed by atoms with E-state index in [4.69, 9.17) is 4.74 Å².